The maximum Gasteiger partial charge on any atom is 0.308 e. The van der Waals surface area contributed by atoms with Crippen LogP contribution in [0.1, 0.15) is 105 Å². The summed E-state index contributed by atoms with van der Waals surface area (Å²) < 4.78 is 17.8. The highest BCUT2D eigenvalue weighted by Crippen LogP contribution is 2.69. The van der Waals surface area contributed by atoms with Crippen LogP contribution in [0.4, 0.5) is 0 Å². The summed E-state index contributed by atoms with van der Waals surface area (Å²) >= 11 is 0. The van der Waals surface area contributed by atoms with E-state index in [2.05, 4.69) is 40.4 Å². The standard InChI is InChI=1S/C33H58O5Si/c1-21(11-10-12-22(2)31(35)36-6)26-13-14-27-30-28(16-18-33(26,27)5)32(4)17-15-25(37-23(3)34)19-24(32)20-29(30)38-39(7,8)9/h21-22,24-30H,10-20H2,1-9H3/t21-,22?,24+,25-,26-,27+,28+,29?,30+,32+,33-/m1/s1. The van der Waals surface area contributed by atoms with Crippen molar-refractivity contribution in [2.24, 2.45) is 52.3 Å². The molecule has 0 bridgehead atoms. The Labute approximate surface area is 240 Å². The molecule has 0 radical (unpaired) electrons. The third kappa shape index (κ3) is 6.32. The summed E-state index contributed by atoms with van der Waals surface area (Å²) in [6.07, 6.45) is 13.3. The molecule has 0 aromatic carbocycles. The summed E-state index contributed by atoms with van der Waals surface area (Å²) in [5, 5.41) is 0. The van der Waals surface area contributed by atoms with E-state index in [0.717, 1.165) is 43.9 Å². The van der Waals surface area contributed by atoms with Gasteiger partial charge in [0.15, 0.2) is 8.32 Å². The number of esters is 2. The van der Waals surface area contributed by atoms with Gasteiger partial charge in [-0.1, -0.05) is 40.5 Å². The molecule has 0 amide bonds. The highest BCUT2D eigenvalue weighted by Gasteiger charge is 2.63. The van der Waals surface area contributed by atoms with Gasteiger partial charge in [-0.15, -0.1) is 0 Å². The lowest BCUT2D eigenvalue weighted by Gasteiger charge is -2.63. The molecule has 0 saturated heterocycles. The zero-order chi connectivity index (χ0) is 28.8. The zero-order valence-corrected chi connectivity index (χ0v) is 27.5. The molecule has 39 heavy (non-hydrogen) atoms. The first-order valence-electron chi connectivity index (χ1n) is 16.1. The minimum absolute atomic E-state index is 0.00381. The average molecular weight is 563 g/mol. The van der Waals surface area contributed by atoms with E-state index >= 15 is 0 Å². The molecule has 0 aromatic rings. The Kier molecular flexibility index (Phi) is 9.38. The molecule has 0 aliphatic heterocycles. The lowest BCUT2D eigenvalue weighted by Crippen LogP contribution is -2.60. The van der Waals surface area contributed by atoms with Crippen molar-refractivity contribution in [3.05, 3.63) is 0 Å². The van der Waals surface area contributed by atoms with Crippen molar-refractivity contribution in [1.29, 1.82) is 0 Å². The third-order valence-corrected chi connectivity index (χ3v) is 13.1. The highest BCUT2D eigenvalue weighted by atomic mass is 28.4. The van der Waals surface area contributed by atoms with Crippen LogP contribution >= 0.6 is 0 Å². The Balaban J connectivity index is 1.52. The summed E-state index contributed by atoms with van der Waals surface area (Å²) in [5.41, 5.74) is 0.712. The first-order valence-corrected chi connectivity index (χ1v) is 19.5. The summed E-state index contributed by atoms with van der Waals surface area (Å²) in [4.78, 5) is 23.6. The Hall–Kier alpha value is -0.883. The van der Waals surface area contributed by atoms with Gasteiger partial charge < -0.3 is 13.9 Å². The second kappa shape index (κ2) is 11.8. The first kappa shape index (κ1) is 31.1. The van der Waals surface area contributed by atoms with Crippen LogP contribution in [-0.4, -0.2) is 39.6 Å². The number of carbonyl (C=O) groups is 2. The van der Waals surface area contributed by atoms with Crippen molar-refractivity contribution in [2.75, 3.05) is 7.11 Å². The summed E-state index contributed by atoms with van der Waals surface area (Å²) in [5.74, 6) is 3.91. The predicted octanol–water partition coefficient (Wildman–Crippen LogP) is 8.02. The van der Waals surface area contributed by atoms with E-state index in [4.69, 9.17) is 13.9 Å². The Morgan fingerprint density at radius 3 is 2.23 bits per heavy atom. The number of fused-ring (bicyclic) bond motifs is 5. The van der Waals surface area contributed by atoms with Gasteiger partial charge in [-0.25, -0.2) is 0 Å². The van der Waals surface area contributed by atoms with E-state index in [0.29, 0.717) is 40.6 Å². The molecule has 0 N–H and O–H groups in total. The molecule has 4 saturated carbocycles. The third-order valence-electron chi connectivity index (χ3n) is 12.1. The van der Waals surface area contributed by atoms with Gasteiger partial charge >= 0.3 is 11.9 Å². The zero-order valence-electron chi connectivity index (χ0n) is 26.5. The topological polar surface area (TPSA) is 61.8 Å². The molecule has 6 heteroatoms. The van der Waals surface area contributed by atoms with E-state index in [1.165, 1.54) is 45.6 Å². The predicted molar refractivity (Wildman–Crippen MR) is 159 cm³/mol. The van der Waals surface area contributed by atoms with Crippen LogP contribution in [0.15, 0.2) is 0 Å². The number of rotatable bonds is 9. The van der Waals surface area contributed by atoms with Gasteiger partial charge in [-0.2, -0.15) is 0 Å². The molecule has 4 aliphatic carbocycles. The second-order valence-electron chi connectivity index (χ2n) is 15.6. The number of methoxy groups -OCH3 is 1. The number of ether oxygens (including phenoxy) is 2. The van der Waals surface area contributed by atoms with Gasteiger partial charge in [0, 0.05) is 13.0 Å². The number of hydrogen-bond acceptors (Lipinski definition) is 5. The fourth-order valence-electron chi connectivity index (χ4n) is 10.3. The van der Waals surface area contributed by atoms with E-state index in [-0.39, 0.29) is 24.0 Å². The maximum atomic E-state index is 11.9. The SMILES string of the molecule is COC(=O)C(C)CCC[C@@H](C)[C@H]1CC[C@H]2[C@@H]3C(O[Si](C)(C)C)C[C@@H]4C[C@H](OC(C)=O)CC[C@]4(C)[C@H]3CC[C@]12C. The van der Waals surface area contributed by atoms with Gasteiger partial charge in [0.2, 0.25) is 0 Å². The number of carbonyl (C=O) groups excluding carboxylic acids is 2. The van der Waals surface area contributed by atoms with Crippen molar-refractivity contribution < 1.29 is 23.5 Å². The highest BCUT2D eigenvalue weighted by molar-refractivity contribution is 6.69. The Morgan fingerprint density at radius 2 is 1.59 bits per heavy atom. The first-order chi connectivity index (χ1) is 18.2. The van der Waals surface area contributed by atoms with Gasteiger partial charge in [-0.3, -0.25) is 9.59 Å². The molecular weight excluding hydrogens is 504 g/mol. The van der Waals surface area contributed by atoms with Crippen molar-refractivity contribution in [2.45, 2.75) is 137 Å². The van der Waals surface area contributed by atoms with Crippen LogP contribution in [0.2, 0.25) is 19.6 Å². The lowest BCUT2D eigenvalue weighted by molar-refractivity contribution is -0.179. The number of hydrogen-bond donors (Lipinski definition) is 0. The quantitative estimate of drug-likeness (QED) is 0.210. The molecule has 11 atom stereocenters. The fraction of sp³-hybridized carbons (Fsp3) is 0.939. The van der Waals surface area contributed by atoms with Crippen LogP contribution in [0.3, 0.4) is 0 Å². The normalized spacial score (nSPS) is 41.5. The molecule has 224 valence electrons. The summed E-state index contributed by atoms with van der Waals surface area (Å²) in [6.45, 7) is 18.3. The van der Waals surface area contributed by atoms with E-state index < -0.39 is 8.32 Å². The Bertz CT molecular complexity index is 884. The van der Waals surface area contributed by atoms with Crippen molar-refractivity contribution in [3.8, 4) is 0 Å². The van der Waals surface area contributed by atoms with Crippen LogP contribution in [-0.2, 0) is 23.5 Å². The smallest absolute Gasteiger partial charge is 0.308 e. The largest absolute Gasteiger partial charge is 0.469 e. The van der Waals surface area contributed by atoms with Gasteiger partial charge in [0.25, 0.3) is 0 Å². The van der Waals surface area contributed by atoms with E-state index in [1.54, 1.807) is 6.92 Å². The van der Waals surface area contributed by atoms with E-state index in [9.17, 15) is 9.59 Å². The van der Waals surface area contributed by atoms with Gasteiger partial charge in [0.05, 0.1) is 13.0 Å². The van der Waals surface area contributed by atoms with Crippen molar-refractivity contribution in [1.82, 2.24) is 0 Å². The van der Waals surface area contributed by atoms with Crippen LogP contribution in [0, 0.1) is 52.3 Å². The molecule has 0 heterocycles. The molecule has 4 fully saturated rings. The molecule has 4 rings (SSSR count). The summed E-state index contributed by atoms with van der Waals surface area (Å²) in [6, 6.07) is 0. The minimum Gasteiger partial charge on any atom is -0.469 e. The molecular formula is C33H58O5Si. The van der Waals surface area contributed by atoms with Crippen LogP contribution in [0.25, 0.3) is 0 Å². The average Bonchev–Trinajstić information content (AvgIpc) is 3.20. The maximum absolute atomic E-state index is 11.9. The molecule has 0 spiro atoms. The monoisotopic (exact) mass is 562 g/mol. The Morgan fingerprint density at radius 1 is 0.923 bits per heavy atom. The van der Waals surface area contributed by atoms with Gasteiger partial charge in [0.1, 0.15) is 6.10 Å². The van der Waals surface area contributed by atoms with Crippen molar-refractivity contribution in [3.63, 3.8) is 0 Å². The van der Waals surface area contributed by atoms with Gasteiger partial charge in [-0.05, 0) is 124 Å². The lowest BCUT2D eigenvalue weighted by atomic mass is 9.43. The van der Waals surface area contributed by atoms with E-state index in [1.807, 2.05) is 6.92 Å². The van der Waals surface area contributed by atoms with Crippen LogP contribution < -0.4 is 0 Å². The molecule has 2 unspecified atom stereocenters. The fourth-order valence-corrected chi connectivity index (χ4v) is 11.5. The van der Waals surface area contributed by atoms with Crippen LogP contribution in [0.5, 0.6) is 0 Å². The molecule has 5 nitrogen and oxygen atoms in total. The molecule has 0 aromatic heterocycles. The summed E-state index contributed by atoms with van der Waals surface area (Å²) in [7, 11) is -0.220. The van der Waals surface area contributed by atoms with Crippen molar-refractivity contribution >= 4 is 20.3 Å². The second-order valence-corrected chi connectivity index (χ2v) is 20.0. The minimum atomic E-state index is -1.72. The molecule has 4 aliphatic rings.